The van der Waals surface area contributed by atoms with Gasteiger partial charge in [-0.05, 0) is 46.5 Å². The highest BCUT2D eigenvalue weighted by molar-refractivity contribution is 9.10. The van der Waals surface area contributed by atoms with Gasteiger partial charge in [0.05, 0.1) is 4.47 Å². The third-order valence-electron chi connectivity index (χ3n) is 2.88. The Morgan fingerprint density at radius 3 is 2.88 bits per heavy atom. The lowest BCUT2D eigenvalue weighted by Gasteiger charge is -2.16. The van der Waals surface area contributed by atoms with Crippen LogP contribution in [0.2, 0.25) is 0 Å². The minimum Gasteiger partial charge on any atom is -0.338 e. The molecule has 1 aromatic carbocycles. The molecule has 0 N–H and O–H groups in total. The highest BCUT2D eigenvalue weighted by atomic mass is 79.9. The Hall–Kier alpha value is -0.900. The number of hydrogen-bond acceptors (Lipinski definition) is 1. The van der Waals surface area contributed by atoms with Crippen LogP contribution < -0.4 is 0 Å². The highest BCUT2D eigenvalue weighted by Gasteiger charge is 2.24. The fourth-order valence-corrected chi connectivity index (χ4v) is 2.31. The van der Waals surface area contributed by atoms with Crippen molar-refractivity contribution in [3.05, 3.63) is 34.1 Å². The van der Waals surface area contributed by atoms with Crippen molar-refractivity contribution in [3.8, 4) is 0 Å². The monoisotopic (exact) mass is 285 g/mol. The summed E-state index contributed by atoms with van der Waals surface area (Å²) in [6.45, 7) is 3.73. The molecule has 1 saturated heterocycles. The fourth-order valence-electron chi connectivity index (χ4n) is 1.93. The fraction of sp³-hybridized carbons (Fsp3) is 0.417. The van der Waals surface area contributed by atoms with Gasteiger partial charge in [-0.15, -0.1) is 0 Å². The number of nitrogens with zero attached hydrogens (tertiary/aromatic N) is 1. The number of benzene rings is 1. The quantitative estimate of drug-likeness (QED) is 0.777. The van der Waals surface area contributed by atoms with E-state index < -0.39 is 0 Å². The van der Waals surface area contributed by atoms with Gasteiger partial charge >= 0.3 is 0 Å². The van der Waals surface area contributed by atoms with Crippen LogP contribution in [0.25, 0.3) is 0 Å². The normalized spacial score (nSPS) is 20.2. The van der Waals surface area contributed by atoms with Gasteiger partial charge in [0.25, 0.3) is 5.91 Å². The van der Waals surface area contributed by atoms with Gasteiger partial charge < -0.3 is 4.90 Å². The minimum atomic E-state index is -0.341. The Labute approximate surface area is 103 Å². The second kappa shape index (κ2) is 4.53. The van der Waals surface area contributed by atoms with Gasteiger partial charge in [-0.3, -0.25) is 4.79 Å². The lowest BCUT2D eigenvalue weighted by atomic mass is 10.2. The largest absolute Gasteiger partial charge is 0.338 e. The van der Waals surface area contributed by atoms with Crippen molar-refractivity contribution in [3.63, 3.8) is 0 Å². The van der Waals surface area contributed by atoms with Crippen molar-refractivity contribution < 1.29 is 9.18 Å². The maximum atomic E-state index is 13.0. The minimum absolute atomic E-state index is 0.00921. The Morgan fingerprint density at radius 1 is 1.56 bits per heavy atom. The molecule has 4 heteroatoms. The molecule has 0 aromatic heterocycles. The van der Waals surface area contributed by atoms with Crippen molar-refractivity contribution in [2.24, 2.45) is 5.92 Å². The highest BCUT2D eigenvalue weighted by Crippen LogP contribution is 2.21. The van der Waals surface area contributed by atoms with Crippen molar-refractivity contribution in [1.29, 1.82) is 0 Å². The molecule has 1 atom stereocenters. The van der Waals surface area contributed by atoms with Gasteiger partial charge in [-0.1, -0.05) is 6.92 Å². The molecule has 1 aliphatic rings. The number of rotatable bonds is 1. The number of halogens is 2. The van der Waals surface area contributed by atoms with E-state index in [2.05, 4.69) is 22.9 Å². The lowest BCUT2D eigenvalue weighted by Crippen LogP contribution is -2.28. The van der Waals surface area contributed by atoms with E-state index in [1.165, 1.54) is 12.1 Å². The Kier molecular flexibility index (Phi) is 3.28. The van der Waals surface area contributed by atoms with Crippen LogP contribution in [-0.4, -0.2) is 23.9 Å². The van der Waals surface area contributed by atoms with Crippen molar-refractivity contribution in [2.45, 2.75) is 13.3 Å². The van der Waals surface area contributed by atoms with Crippen LogP contribution in [0.5, 0.6) is 0 Å². The summed E-state index contributed by atoms with van der Waals surface area (Å²) in [7, 11) is 0. The molecule has 0 saturated carbocycles. The summed E-state index contributed by atoms with van der Waals surface area (Å²) >= 11 is 3.09. The van der Waals surface area contributed by atoms with E-state index in [4.69, 9.17) is 0 Å². The SMILES string of the molecule is CC1CCN(C(=O)c2ccc(F)c(Br)c2)C1. The first-order valence-electron chi connectivity index (χ1n) is 5.32. The third-order valence-corrected chi connectivity index (χ3v) is 3.49. The van der Waals surface area contributed by atoms with Crippen LogP contribution in [0.3, 0.4) is 0 Å². The van der Waals surface area contributed by atoms with Crippen LogP contribution in [0.1, 0.15) is 23.7 Å². The summed E-state index contributed by atoms with van der Waals surface area (Å²) in [6, 6.07) is 4.39. The van der Waals surface area contributed by atoms with Crippen LogP contribution in [0.4, 0.5) is 4.39 Å². The molecule has 16 heavy (non-hydrogen) atoms. The molecule has 86 valence electrons. The number of likely N-dealkylation sites (tertiary alicyclic amines) is 1. The van der Waals surface area contributed by atoms with Crippen molar-refractivity contribution in [1.82, 2.24) is 4.90 Å². The molecule has 1 aromatic rings. The van der Waals surface area contributed by atoms with E-state index in [1.54, 1.807) is 6.07 Å². The zero-order chi connectivity index (χ0) is 11.7. The molecule has 1 aliphatic heterocycles. The zero-order valence-electron chi connectivity index (χ0n) is 9.04. The Balaban J connectivity index is 2.18. The standard InChI is InChI=1S/C12H13BrFNO/c1-8-4-5-15(7-8)12(16)9-2-3-11(14)10(13)6-9/h2-3,6,8H,4-5,7H2,1H3. The average Bonchev–Trinajstić information content (AvgIpc) is 2.68. The lowest BCUT2D eigenvalue weighted by molar-refractivity contribution is 0.0788. The number of carbonyl (C=O) groups is 1. The van der Waals surface area contributed by atoms with Crippen LogP contribution >= 0.6 is 15.9 Å². The van der Waals surface area contributed by atoms with Crippen LogP contribution in [0, 0.1) is 11.7 Å². The Bertz CT molecular complexity index is 421. The van der Waals surface area contributed by atoms with Gasteiger partial charge in [0.2, 0.25) is 0 Å². The molecule has 2 nitrogen and oxygen atoms in total. The van der Waals surface area contributed by atoms with E-state index >= 15 is 0 Å². The molecule has 1 heterocycles. The van der Waals surface area contributed by atoms with Gasteiger partial charge in [0, 0.05) is 18.7 Å². The molecular weight excluding hydrogens is 273 g/mol. The van der Waals surface area contributed by atoms with Gasteiger partial charge in [0.15, 0.2) is 0 Å². The summed E-state index contributed by atoms with van der Waals surface area (Å²) in [4.78, 5) is 13.9. The second-order valence-corrected chi connectivity index (χ2v) is 5.13. The first-order valence-corrected chi connectivity index (χ1v) is 6.11. The summed E-state index contributed by atoms with van der Waals surface area (Å²) in [6.07, 6.45) is 1.05. The van der Waals surface area contributed by atoms with Gasteiger partial charge in [0.1, 0.15) is 5.82 Å². The molecular formula is C12H13BrFNO. The molecule has 1 fully saturated rings. The maximum absolute atomic E-state index is 13.0. The van der Waals surface area contributed by atoms with Crippen molar-refractivity contribution in [2.75, 3.05) is 13.1 Å². The van der Waals surface area contributed by atoms with Gasteiger partial charge in [-0.2, -0.15) is 0 Å². The van der Waals surface area contributed by atoms with Crippen LogP contribution in [-0.2, 0) is 0 Å². The summed E-state index contributed by atoms with van der Waals surface area (Å²) in [5.41, 5.74) is 0.544. The van der Waals surface area contributed by atoms with E-state index in [0.717, 1.165) is 19.5 Å². The van der Waals surface area contributed by atoms with E-state index in [0.29, 0.717) is 16.0 Å². The first kappa shape index (κ1) is 11.6. The second-order valence-electron chi connectivity index (χ2n) is 4.27. The smallest absolute Gasteiger partial charge is 0.253 e. The van der Waals surface area contributed by atoms with Crippen molar-refractivity contribution >= 4 is 21.8 Å². The molecule has 1 amide bonds. The molecule has 0 bridgehead atoms. The predicted molar refractivity (Wildman–Crippen MR) is 63.8 cm³/mol. The topological polar surface area (TPSA) is 20.3 Å². The van der Waals surface area contributed by atoms with E-state index in [-0.39, 0.29) is 11.7 Å². The zero-order valence-corrected chi connectivity index (χ0v) is 10.6. The predicted octanol–water partition coefficient (Wildman–Crippen LogP) is 3.07. The third kappa shape index (κ3) is 2.26. The number of amides is 1. The molecule has 0 spiro atoms. The van der Waals surface area contributed by atoms with E-state index in [9.17, 15) is 9.18 Å². The van der Waals surface area contributed by atoms with Crippen LogP contribution in [0.15, 0.2) is 22.7 Å². The Morgan fingerprint density at radius 2 is 2.31 bits per heavy atom. The summed E-state index contributed by atoms with van der Waals surface area (Å²) < 4.78 is 13.4. The molecule has 1 unspecified atom stereocenters. The molecule has 0 aliphatic carbocycles. The van der Waals surface area contributed by atoms with Gasteiger partial charge in [-0.25, -0.2) is 4.39 Å². The maximum Gasteiger partial charge on any atom is 0.253 e. The van der Waals surface area contributed by atoms with E-state index in [1.807, 2.05) is 4.90 Å². The summed E-state index contributed by atoms with van der Waals surface area (Å²) in [5, 5.41) is 0. The average molecular weight is 286 g/mol. The molecule has 2 rings (SSSR count). The first-order chi connectivity index (χ1) is 7.58. The number of hydrogen-bond donors (Lipinski definition) is 0. The summed E-state index contributed by atoms with van der Waals surface area (Å²) in [5.74, 6) is 0.212. The molecule has 0 radical (unpaired) electrons. The number of carbonyl (C=O) groups excluding carboxylic acids is 1.